The van der Waals surface area contributed by atoms with Crippen LogP contribution in [-0.2, 0) is 16.0 Å². The number of halogens is 1. The Hall–Kier alpha value is -4.85. The van der Waals surface area contributed by atoms with Gasteiger partial charge in [0, 0.05) is 40.8 Å². The van der Waals surface area contributed by atoms with Crippen molar-refractivity contribution in [1.82, 2.24) is 36.6 Å². The molecule has 2 aliphatic rings. The number of carbonyl (C=O) groups excluding carboxylic acids is 3. The van der Waals surface area contributed by atoms with Gasteiger partial charge in [-0.25, -0.2) is 0 Å². The van der Waals surface area contributed by atoms with Gasteiger partial charge in [0.2, 0.25) is 17.6 Å². The Morgan fingerprint density at radius 3 is 2.35 bits per heavy atom. The van der Waals surface area contributed by atoms with Crippen LogP contribution < -0.4 is 31.7 Å². The minimum atomic E-state index is -0.843. The number of hydrogen-bond donors (Lipinski definition) is 6. The van der Waals surface area contributed by atoms with Gasteiger partial charge in [0.05, 0.1) is 7.11 Å². The molecule has 2 fully saturated rings. The number of aromatic amines is 1. The summed E-state index contributed by atoms with van der Waals surface area (Å²) in [5.41, 5.74) is 11.3. The van der Waals surface area contributed by atoms with Crippen LogP contribution in [-0.4, -0.2) is 77.2 Å². The summed E-state index contributed by atoms with van der Waals surface area (Å²) in [6.07, 6.45) is 5.37. The second-order valence-corrected chi connectivity index (χ2v) is 13.6. The Morgan fingerprint density at radius 2 is 1.69 bits per heavy atom. The Labute approximate surface area is 310 Å². The molecule has 1 atom stereocenters. The summed E-state index contributed by atoms with van der Waals surface area (Å²) in [5.74, 6) is 0.840. The molecule has 1 aliphatic heterocycles. The number of benzene rings is 3. The van der Waals surface area contributed by atoms with Crippen molar-refractivity contribution in [3.05, 3.63) is 77.4 Å². The Kier molecular flexibility index (Phi) is 13.3. The number of aromatic nitrogens is 4. The van der Waals surface area contributed by atoms with Crippen LogP contribution in [0.2, 0.25) is 0 Å². The van der Waals surface area contributed by atoms with Gasteiger partial charge in [0.15, 0.2) is 0 Å². The first-order valence-electron chi connectivity index (χ1n) is 17.8. The molecule has 0 bridgehead atoms. The Bertz CT molecular complexity index is 1810. The number of piperidine rings is 1. The maximum atomic E-state index is 13.9. The average molecular weight is 730 g/mol. The summed E-state index contributed by atoms with van der Waals surface area (Å²) in [6.45, 7) is 4.40. The van der Waals surface area contributed by atoms with Gasteiger partial charge in [-0.2, -0.15) is 5.21 Å². The molecular formula is C38H48ClN9O4. The summed E-state index contributed by atoms with van der Waals surface area (Å²) in [4.78, 5) is 40.5. The second kappa shape index (κ2) is 18.1. The van der Waals surface area contributed by atoms with Crippen molar-refractivity contribution >= 4 is 35.8 Å². The zero-order valence-corrected chi connectivity index (χ0v) is 30.4. The fourth-order valence-corrected chi connectivity index (χ4v) is 7.05. The predicted octanol–water partition coefficient (Wildman–Crippen LogP) is 4.19. The first kappa shape index (κ1) is 38.4. The number of carbonyl (C=O) groups is 3. The number of nitrogens with two attached hydrogens (primary N) is 1. The van der Waals surface area contributed by atoms with Crippen molar-refractivity contribution in [3.8, 4) is 28.3 Å². The minimum absolute atomic E-state index is 0. The molecule has 13 nitrogen and oxygen atoms in total. The lowest BCUT2D eigenvalue weighted by atomic mass is 9.81. The SMILES string of the molecule is COc1ccc(C[C@H](NC(=O)[C@H]2CC[C@H](CN)CC2)C(=O)Nc2ccc(-c3nn[nH]n3)cc2)cc1-c1ccc(C(=O)NC2CCNCC2)cc1C.Cl. The lowest BCUT2D eigenvalue weighted by Crippen LogP contribution is -2.48. The van der Waals surface area contributed by atoms with E-state index in [2.05, 4.69) is 41.9 Å². The third-order valence-corrected chi connectivity index (χ3v) is 10.1. The number of ether oxygens (including phenoxy) is 1. The molecule has 1 saturated carbocycles. The van der Waals surface area contributed by atoms with Gasteiger partial charge < -0.3 is 31.7 Å². The van der Waals surface area contributed by atoms with Crippen molar-refractivity contribution in [1.29, 1.82) is 0 Å². The molecule has 4 aromatic rings. The van der Waals surface area contributed by atoms with E-state index in [1.54, 1.807) is 31.4 Å². The molecule has 7 N–H and O–H groups in total. The third-order valence-electron chi connectivity index (χ3n) is 10.1. The molecule has 1 saturated heterocycles. The molecule has 1 aromatic heterocycles. The molecule has 0 radical (unpaired) electrons. The zero-order valence-electron chi connectivity index (χ0n) is 29.6. The van der Waals surface area contributed by atoms with Crippen LogP contribution >= 0.6 is 12.4 Å². The normalized spacial score (nSPS) is 18.1. The van der Waals surface area contributed by atoms with Gasteiger partial charge in [0.25, 0.3) is 5.91 Å². The highest BCUT2D eigenvalue weighted by atomic mass is 35.5. The number of rotatable bonds is 12. The molecular weight excluding hydrogens is 682 g/mol. The van der Waals surface area contributed by atoms with Gasteiger partial charge in [0.1, 0.15) is 11.8 Å². The second-order valence-electron chi connectivity index (χ2n) is 13.6. The monoisotopic (exact) mass is 729 g/mol. The molecule has 0 spiro atoms. The van der Waals surface area contributed by atoms with Crippen molar-refractivity contribution in [2.75, 3.05) is 32.1 Å². The van der Waals surface area contributed by atoms with E-state index in [1.807, 2.05) is 43.3 Å². The molecule has 52 heavy (non-hydrogen) atoms. The van der Waals surface area contributed by atoms with Gasteiger partial charge in [-0.3, -0.25) is 14.4 Å². The standard InChI is InChI=1S/C38H47N9O4.ClH/c1-23-19-28(37(49)41-30-15-17-40-18-16-30)10-13-31(23)32-20-25(5-14-34(32)51-2)21-33(43-36(48)27-6-3-24(22-39)4-7-27)38(50)42-29-11-8-26(9-12-29)35-44-46-47-45-35;/h5,8-14,19-20,24,27,30,33,40H,3-4,6-7,15-18,21-22,39H2,1-2H3,(H,41,49)(H,42,50)(H,43,48)(H,44,45,46,47);1H/t24-,27-,33-;/m0./s1. The largest absolute Gasteiger partial charge is 0.496 e. The summed E-state index contributed by atoms with van der Waals surface area (Å²) < 4.78 is 5.76. The van der Waals surface area contributed by atoms with Crippen molar-refractivity contribution in [2.45, 2.75) is 64.0 Å². The van der Waals surface area contributed by atoms with E-state index in [1.165, 1.54) is 0 Å². The fraction of sp³-hybridized carbons (Fsp3) is 0.421. The highest BCUT2D eigenvalue weighted by Crippen LogP contribution is 2.34. The minimum Gasteiger partial charge on any atom is -0.496 e. The van der Waals surface area contributed by atoms with Crippen LogP contribution in [0.4, 0.5) is 5.69 Å². The van der Waals surface area contributed by atoms with Crippen LogP contribution in [0.1, 0.15) is 60.0 Å². The Morgan fingerprint density at radius 1 is 0.942 bits per heavy atom. The van der Waals surface area contributed by atoms with Crippen LogP contribution in [0.15, 0.2) is 60.7 Å². The van der Waals surface area contributed by atoms with E-state index in [9.17, 15) is 14.4 Å². The lowest BCUT2D eigenvalue weighted by molar-refractivity contribution is -0.130. The van der Waals surface area contributed by atoms with E-state index >= 15 is 0 Å². The number of aryl methyl sites for hydroxylation is 1. The summed E-state index contributed by atoms with van der Waals surface area (Å²) in [5, 5.41) is 26.6. The molecule has 2 heterocycles. The molecule has 276 valence electrons. The van der Waals surface area contributed by atoms with Gasteiger partial charge in [-0.05, 0) is 141 Å². The first-order chi connectivity index (χ1) is 24.8. The maximum Gasteiger partial charge on any atom is 0.251 e. The number of anilines is 1. The Balaban J connectivity index is 0.00000523. The van der Waals surface area contributed by atoms with E-state index in [4.69, 9.17) is 10.5 Å². The fourth-order valence-electron chi connectivity index (χ4n) is 7.05. The third kappa shape index (κ3) is 9.52. The zero-order chi connectivity index (χ0) is 35.7. The molecule has 3 aromatic carbocycles. The smallest absolute Gasteiger partial charge is 0.251 e. The molecule has 3 amide bonds. The molecule has 1 aliphatic carbocycles. The highest BCUT2D eigenvalue weighted by molar-refractivity contribution is 5.98. The van der Waals surface area contributed by atoms with E-state index in [0.29, 0.717) is 35.3 Å². The number of methoxy groups -OCH3 is 1. The van der Waals surface area contributed by atoms with Crippen LogP contribution in [0.3, 0.4) is 0 Å². The number of tetrazole rings is 1. The number of nitrogens with one attached hydrogen (secondary N) is 5. The topological polar surface area (TPSA) is 189 Å². The highest BCUT2D eigenvalue weighted by Gasteiger charge is 2.30. The summed E-state index contributed by atoms with van der Waals surface area (Å²) in [6, 6.07) is 17.9. The molecule has 6 rings (SSSR count). The van der Waals surface area contributed by atoms with Crippen LogP contribution in [0, 0.1) is 18.8 Å². The van der Waals surface area contributed by atoms with Crippen molar-refractivity contribution in [2.24, 2.45) is 17.6 Å². The number of nitrogens with zero attached hydrogens (tertiary/aromatic N) is 3. The average Bonchev–Trinajstić information content (AvgIpc) is 3.70. The lowest BCUT2D eigenvalue weighted by Gasteiger charge is -2.28. The van der Waals surface area contributed by atoms with Gasteiger partial charge >= 0.3 is 0 Å². The van der Waals surface area contributed by atoms with E-state index in [0.717, 1.165) is 79.4 Å². The van der Waals surface area contributed by atoms with E-state index < -0.39 is 6.04 Å². The predicted molar refractivity (Wildman–Crippen MR) is 202 cm³/mol. The van der Waals surface area contributed by atoms with Gasteiger partial charge in [-0.15, -0.1) is 22.6 Å². The maximum absolute atomic E-state index is 13.9. The summed E-state index contributed by atoms with van der Waals surface area (Å²) >= 11 is 0. The quantitative estimate of drug-likeness (QED) is 0.124. The first-order valence-corrected chi connectivity index (χ1v) is 17.8. The number of H-pyrrole nitrogens is 1. The van der Waals surface area contributed by atoms with E-state index in [-0.39, 0.29) is 48.5 Å². The van der Waals surface area contributed by atoms with Gasteiger partial charge in [-0.1, -0.05) is 12.1 Å². The summed E-state index contributed by atoms with van der Waals surface area (Å²) in [7, 11) is 1.62. The molecule has 0 unspecified atom stereocenters. The van der Waals surface area contributed by atoms with Crippen molar-refractivity contribution in [3.63, 3.8) is 0 Å². The number of amides is 3. The molecule has 14 heteroatoms. The number of hydrogen-bond acceptors (Lipinski definition) is 9. The van der Waals surface area contributed by atoms with Crippen molar-refractivity contribution < 1.29 is 19.1 Å². The van der Waals surface area contributed by atoms with Crippen LogP contribution in [0.5, 0.6) is 5.75 Å². The van der Waals surface area contributed by atoms with Crippen LogP contribution in [0.25, 0.3) is 22.5 Å².